The Hall–Kier alpha value is -0.610. The Balaban J connectivity index is 4.33. The van der Waals surface area contributed by atoms with Gasteiger partial charge in [-0.2, -0.15) is 0 Å². The van der Waals surface area contributed by atoms with Gasteiger partial charge in [0, 0.05) is 19.6 Å². The molecule has 2 N–H and O–H groups in total. The fraction of sp³-hybridized carbons (Fsp3) is 0.923. The molecule has 17 heavy (non-hydrogen) atoms. The van der Waals surface area contributed by atoms with Crippen molar-refractivity contribution in [2.75, 3.05) is 32.7 Å². The molecule has 0 saturated heterocycles. The molecule has 0 rings (SSSR count). The van der Waals surface area contributed by atoms with Crippen LogP contribution in [-0.2, 0) is 4.79 Å². The van der Waals surface area contributed by atoms with Gasteiger partial charge in [0.15, 0.2) is 0 Å². The second-order valence-corrected chi connectivity index (χ2v) is 4.99. The fourth-order valence-electron chi connectivity index (χ4n) is 1.82. The number of carbonyl (C=O) groups excluding carboxylic acids is 1. The summed E-state index contributed by atoms with van der Waals surface area (Å²) in [5.41, 5.74) is 5.68. The molecule has 0 aliphatic carbocycles. The first kappa shape index (κ1) is 16.4. The zero-order valence-electron chi connectivity index (χ0n) is 12.1. The van der Waals surface area contributed by atoms with E-state index >= 15 is 0 Å². The molecule has 0 aliphatic rings. The van der Waals surface area contributed by atoms with Crippen molar-refractivity contribution in [2.45, 2.75) is 40.7 Å². The van der Waals surface area contributed by atoms with Crippen molar-refractivity contribution < 1.29 is 4.79 Å². The lowest BCUT2D eigenvalue weighted by atomic mass is 10.2. The molecule has 0 aliphatic heterocycles. The molecule has 1 amide bonds. The Bertz CT molecular complexity index is 213. The van der Waals surface area contributed by atoms with Crippen LogP contribution in [0, 0.1) is 5.92 Å². The van der Waals surface area contributed by atoms with Gasteiger partial charge >= 0.3 is 0 Å². The highest BCUT2D eigenvalue weighted by molar-refractivity contribution is 5.81. The first-order chi connectivity index (χ1) is 7.92. The maximum Gasteiger partial charge on any atom is 0.239 e. The van der Waals surface area contributed by atoms with E-state index in [9.17, 15) is 4.79 Å². The highest BCUT2D eigenvalue weighted by Gasteiger charge is 2.18. The molecule has 1 atom stereocenters. The predicted octanol–water partition coefficient (Wildman–Crippen LogP) is 1.16. The van der Waals surface area contributed by atoms with Gasteiger partial charge in [-0.05, 0) is 25.9 Å². The summed E-state index contributed by atoms with van der Waals surface area (Å²) in [6, 6.07) is -0.398. The van der Waals surface area contributed by atoms with Crippen LogP contribution in [0.2, 0.25) is 0 Å². The summed E-state index contributed by atoms with van der Waals surface area (Å²) in [6.07, 6.45) is 0. The molecule has 0 aromatic carbocycles. The van der Waals surface area contributed by atoms with E-state index in [2.05, 4.69) is 32.6 Å². The van der Waals surface area contributed by atoms with Crippen molar-refractivity contribution in [1.82, 2.24) is 9.80 Å². The Morgan fingerprint density at radius 3 is 2.00 bits per heavy atom. The van der Waals surface area contributed by atoms with E-state index in [4.69, 9.17) is 5.73 Å². The normalized spacial score (nSPS) is 13.2. The average molecular weight is 243 g/mol. The minimum atomic E-state index is -0.398. The second-order valence-electron chi connectivity index (χ2n) is 4.99. The maximum atomic E-state index is 12.0. The quantitative estimate of drug-likeness (QED) is 0.696. The lowest BCUT2D eigenvalue weighted by Crippen LogP contribution is -2.46. The predicted molar refractivity (Wildman–Crippen MR) is 72.9 cm³/mol. The topological polar surface area (TPSA) is 49.6 Å². The van der Waals surface area contributed by atoms with E-state index in [0.29, 0.717) is 5.92 Å². The summed E-state index contributed by atoms with van der Waals surface area (Å²) in [4.78, 5) is 16.2. The molecule has 4 heteroatoms. The van der Waals surface area contributed by atoms with Crippen molar-refractivity contribution >= 4 is 5.91 Å². The van der Waals surface area contributed by atoms with Crippen LogP contribution in [-0.4, -0.2) is 54.5 Å². The Kier molecular flexibility index (Phi) is 8.17. The summed E-state index contributed by atoms with van der Waals surface area (Å²) in [5, 5.41) is 0. The number of nitrogens with two attached hydrogens (primary N) is 1. The summed E-state index contributed by atoms with van der Waals surface area (Å²) in [6.45, 7) is 14.8. The number of carbonyl (C=O) groups is 1. The number of hydrogen-bond acceptors (Lipinski definition) is 3. The second kappa shape index (κ2) is 8.48. The van der Waals surface area contributed by atoms with Crippen LogP contribution in [0.1, 0.15) is 34.6 Å². The zero-order valence-corrected chi connectivity index (χ0v) is 12.1. The molecule has 0 fully saturated rings. The van der Waals surface area contributed by atoms with Crippen LogP contribution in [0.4, 0.5) is 0 Å². The van der Waals surface area contributed by atoms with E-state index in [0.717, 1.165) is 32.7 Å². The molecule has 102 valence electrons. The molecule has 0 saturated carbocycles. The van der Waals surface area contributed by atoms with Crippen LogP contribution in [0.3, 0.4) is 0 Å². The summed E-state index contributed by atoms with van der Waals surface area (Å²) in [5.74, 6) is 0.542. The van der Waals surface area contributed by atoms with Crippen molar-refractivity contribution in [3.05, 3.63) is 0 Å². The van der Waals surface area contributed by atoms with Crippen LogP contribution in [0.5, 0.6) is 0 Å². The first-order valence-electron chi connectivity index (χ1n) is 6.69. The number of nitrogens with zero attached hydrogens (tertiary/aromatic N) is 2. The molecular weight excluding hydrogens is 214 g/mol. The Morgan fingerprint density at radius 1 is 1.12 bits per heavy atom. The lowest BCUT2D eigenvalue weighted by molar-refractivity contribution is -0.133. The van der Waals surface area contributed by atoms with Crippen molar-refractivity contribution in [1.29, 1.82) is 0 Å². The van der Waals surface area contributed by atoms with Gasteiger partial charge in [0.05, 0.1) is 6.04 Å². The van der Waals surface area contributed by atoms with Gasteiger partial charge in [0.2, 0.25) is 5.91 Å². The van der Waals surface area contributed by atoms with Gasteiger partial charge in [0.1, 0.15) is 0 Å². The van der Waals surface area contributed by atoms with Crippen molar-refractivity contribution in [3.63, 3.8) is 0 Å². The van der Waals surface area contributed by atoms with E-state index < -0.39 is 6.04 Å². The molecule has 0 aromatic rings. The third kappa shape index (κ3) is 6.64. The highest BCUT2D eigenvalue weighted by atomic mass is 16.2. The van der Waals surface area contributed by atoms with Gasteiger partial charge < -0.3 is 15.5 Å². The van der Waals surface area contributed by atoms with Crippen LogP contribution >= 0.6 is 0 Å². The molecule has 4 nitrogen and oxygen atoms in total. The van der Waals surface area contributed by atoms with E-state index in [1.807, 2.05) is 4.90 Å². The van der Waals surface area contributed by atoms with Crippen LogP contribution < -0.4 is 5.73 Å². The average Bonchev–Trinajstić information content (AvgIpc) is 2.27. The molecule has 0 heterocycles. The van der Waals surface area contributed by atoms with Crippen LogP contribution in [0.15, 0.2) is 0 Å². The molecule has 0 spiro atoms. The Morgan fingerprint density at radius 2 is 1.65 bits per heavy atom. The van der Waals surface area contributed by atoms with Gasteiger partial charge in [-0.15, -0.1) is 0 Å². The van der Waals surface area contributed by atoms with Crippen LogP contribution in [0.25, 0.3) is 0 Å². The highest BCUT2D eigenvalue weighted by Crippen LogP contribution is 2.02. The van der Waals surface area contributed by atoms with Gasteiger partial charge in [-0.3, -0.25) is 4.79 Å². The summed E-state index contributed by atoms with van der Waals surface area (Å²) in [7, 11) is 0. The number of likely N-dealkylation sites (N-methyl/N-ethyl adjacent to an activating group) is 1. The SMILES string of the molecule is CCN(CC)CCN(CC(C)C)C(=O)[C@H](C)N. The lowest BCUT2D eigenvalue weighted by Gasteiger charge is -2.29. The molecule has 0 unspecified atom stereocenters. The van der Waals surface area contributed by atoms with Crippen molar-refractivity contribution in [2.24, 2.45) is 11.7 Å². The fourth-order valence-corrected chi connectivity index (χ4v) is 1.82. The third-order valence-electron chi connectivity index (χ3n) is 2.87. The van der Waals surface area contributed by atoms with Gasteiger partial charge in [-0.1, -0.05) is 27.7 Å². The number of hydrogen-bond donors (Lipinski definition) is 1. The van der Waals surface area contributed by atoms with Gasteiger partial charge in [0.25, 0.3) is 0 Å². The van der Waals surface area contributed by atoms with Gasteiger partial charge in [-0.25, -0.2) is 0 Å². The molecule has 0 bridgehead atoms. The van der Waals surface area contributed by atoms with E-state index in [1.54, 1.807) is 6.92 Å². The number of amides is 1. The van der Waals surface area contributed by atoms with E-state index in [-0.39, 0.29) is 5.91 Å². The minimum Gasteiger partial charge on any atom is -0.340 e. The first-order valence-corrected chi connectivity index (χ1v) is 6.69. The van der Waals surface area contributed by atoms with Crippen molar-refractivity contribution in [3.8, 4) is 0 Å². The largest absolute Gasteiger partial charge is 0.340 e. The monoisotopic (exact) mass is 243 g/mol. The molecular formula is C13H29N3O. The maximum absolute atomic E-state index is 12.0. The minimum absolute atomic E-state index is 0.0610. The standard InChI is InChI=1S/C13H29N3O/c1-6-15(7-2)8-9-16(10-11(3)4)13(17)12(5)14/h11-12H,6-10,14H2,1-5H3/t12-/m0/s1. The summed E-state index contributed by atoms with van der Waals surface area (Å²) >= 11 is 0. The molecule has 0 aromatic heterocycles. The zero-order chi connectivity index (χ0) is 13.4. The van der Waals surface area contributed by atoms with E-state index in [1.165, 1.54) is 0 Å². The third-order valence-corrected chi connectivity index (χ3v) is 2.87. The molecule has 0 radical (unpaired) electrons. The smallest absolute Gasteiger partial charge is 0.239 e. The summed E-state index contributed by atoms with van der Waals surface area (Å²) < 4.78 is 0. The number of rotatable bonds is 8. The Labute approximate surface area is 106 Å².